The van der Waals surface area contributed by atoms with Crippen molar-refractivity contribution in [2.24, 2.45) is 20.0 Å². The first-order chi connectivity index (χ1) is 30.9. The molecule has 0 aromatic heterocycles. The van der Waals surface area contributed by atoms with Gasteiger partial charge in [-0.05, 0) is 114 Å². The van der Waals surface area contributed by atoms with Gasteiger partial charge in [-0.2, -0.15) is 0 Å². The fourth-order valence-electron chi connectivity index (χ4n) is 8.04. The van der Waals surface area contributed by atoms with Crippen LogP contribution in [0.5, 0.6) is 23.0 Å². The summed E-state index contributed by atoms with van der Waals surface area (Å²) in [6, 6.07) is 28.6. The minimum Gasteiger partial charge on any atom is -0.508 e. The third-order valence-electron chi connectivity index (χ3n) is 11.1. The smallest absolute Gasteiger partial charge is 0.184 e. The maximum absolute atomic E-state index is 10.7. The number of fused-ring (bicyclic) bond motifs is 4. The molecule has 2 fully saturated rings. The zero-order valence-corrected chi connectivity index (χ0v) is 33.6. The van der Waals surface area contributed by atoms with Gasteiger partial charge in [-0.1, -0.05) is 48.5 Å². The molecule has 0 aliphatic carbocycles. The highest BCUT2D eigenvalue weighted by molar-refractivity contribution is 6.37. The first-order valence-corrected chi connectivity index (χ1v) is 20.6. The van der Waals surface area contributed by atoms with E-state index >= 15 is 0 Å². The molecule has 0 saturated carbocycles. The Bertz CT molecular complexity index is 2930. The van der Waals surface area contributed by atoms with Crippen molar-refractivity contribution in [3.63, 3.8) is 0 Å². The predicted octanol–water partition coefficient (Wildman–Crippen LogP) is 8.51. The van der Waals surface area contributed by atoms with E-state index in [0.717, 1.165) is 17.9 Å². The van der Waals surface area contributed by atoms with E-state index in [2.05, 4.69) is 0 Å². The zero-order valence-electron chi connectivity index (χ0n) is 33.6. The van der Waals surface area contributed by atoms with Crippen LogP contribution in [0.3, 0.4) is 0 Å². The van der Waals surface area contributed by atoms with Gasteiger partial charge in [0.15, 0.2) is 12.0 Å². The van der Waals surface area contributed by atoms with Gasteiger partial charge >= 0.3 is 0 Å². The standard InChI is InChI=1S/C51H38N4O8/c56-33-7-1-4-30(22-33)47-39-14-16-41(52-39)48(31-5-2-8-34(57)23-31)43-18-20-45(54-43)50(61-27-38-28-62-51(63-38)29-10-12-36(13-11-29)59-25-37-26-60-37)46-21-19-44(55-46)49(42-17-15-40(47)53-42)32-6-3-9-35(58)24-32/h1-24,37-38,51,56-58H,25-28H2. The maximum Gasteiger partial charge on any atom is 0.184 e. The molecule has 0 amide bonds. The Kier molecular flexibility index (Phi) is 9.72. The number of hydrogen-bond donors (Lipinski definition) is 3. The van der Waals surface area contributed by atoms with Gasteiger partial charge in [-0.3, -0.25) is 0 Å². The third kappa shape index (κ3) is 7.78. The molecular formula is C51H38N4O8. The number of nitrogens with zero attached hydrogens (tertiary/aromatic N) is 4. The molecule has 7 heterocycles. The molecule has 310 valence electrons. The molecule has 63 heavy (non-hydrogen) atoms. The Labute approximate surface area is 361 Å². The Balaban J connectivity index is 1.02. The van der Waals surface area contributed by atoms with Gasteiger partial charge in [0, 0.05) is 22.3 Å². The molecule has 4 aromatic carbocycles. The second-order valence-electron chi connectivity index (χ2n) is 15.5. The van der Waals surface area contributed by atoms with Crippen LogP contribution >= 0.6 is 0 Å². The molecule has 3 N–H and O–H groups in total. The van der Waals surface area contributed by atoms with Crippen molar-refractivity contribution >= 4 is 39.6 Å². The van der Waals surface area contributed by atoms with Gasteiger partial charge in [0.1, 0.15) is 59.8 Å². The number of hydrogen-bond acceptors (Lipinski definition) is 12. The summed E-state index contributed by atoms with van der Waals surface area (Å²) < 4.78 is 30.2. The number of phenolic OH excluding ortho intramolecular Hbond substituents is 3. The Morgan fingerprint density at radius 1 is 0.476 bits per heavy atom. The van der Waals surface area contributed by atoms with Crippen molar-refractivity contribution in [1.82, 2.24) is 0 Å². The largest absolute Gasteiger partial charge is 0.508 e. The van der Waals surface area contributed by atoms with E-state index in [1.807, 2.05) is 91.1 Å². The van der Waals surface area contributed by atoms with E-state index in [0.29, 0.717) is 98.0 Å². The number of allylic oxidation sites excluding steroid dienone is 11. The van der Waals surface area contributed by atoms with Crippen molar-refractivity contribution in [2.75, 3.05) is 26.4 Å². The molecule has 3 unspecified atom stereocenters. The number of epoxide rings is 1. The second kappa shape index (κ2) is 16.0. The topological polar surface area (TPSA) is 160 Å². The monoisotopic (exact) mass is 834 g/mol. The van der Waals surface area contributed by atoms with E-state index in [1.54, 1.807) is 54.6 Å². The maximum atomic E-state index is 10.7. The van der Waals surface area contributed by atoms with Crippen molar-refractivity contribution in [1.29, 1.82) is 0 Å². The fraction of sp³-hybridized carbons (Fsp3) is 0.137. The second-order valence-corrected chi connectivity index (χ2v) is 15.5. The molecule has 8 bridgehead atoms. The van der Waals surface area contributed by atoms with Gasteiger partial charge in [-0.25, -0.2) is 20.0 Å². The van der Waals surface area contributed by atoms with Crippen LogP contribution in [0.15, 0.2) is 194 Å². The van der Waals surface area contributed by atoms with Gasteiger partial charge in [0.05, 0.1) is 47.4 Å². The Morgan fingerprint density at radius 2 is 0.921 bits per heavy atom. The highest BCUT2D eigenvalue weighted by Gasteiger charge is 2.32. The van der Waals surface area contributed by atoms with Gasteiger partial charge in [0.25, 0.3) is 0 Å². The predicted molar refractivity (Wildman–Crippen MR) is 240 cm³/mol. The van der Waals surface area contributed by atoms with Crippen molar-refractivity contribution in [2.45, 2.75) is 18.5 Å². The van der Waals surface area contributed by atoms with Crippen LogP contribution in [0, 0.1) is 0 Å². The van der Waals surface area contributed by atoms with Gasteiger partial charge < -0.3 is 39.0 Å². The van der Waals surface area contributed by atoms with E-state index < -0.39 is 12.4 Å². The molecule has 12 heteroatoms. The molecule has 11 rings (SSSR count). The van der Waals surface area contributed by atoms with Crippen LogP contribution in [0.2, 0.25) is 0 Å². The SMILES string of the molecule is Oc1cccc(C2=C3C=CC(=N3)C(OCC3COC(c4ccc(OCC5CO5)cc4)O3)=C3C=CC(=N3)C(c3cccc(O)c3)=C3C=CC(=N3)C(c3cccc(O)c3)=C3C=CC2=N3)c1. The zero-order chi connectivity index (χ0) is 42.4. The molecule has 0 spiro atoms. The summed E-state index contributed by atoms with van der Waals surface area (Å²) in [4.78, 5) is 20.7. The Morgan fingerprint density at radius 3 is 1.43 bits per heavy atom. The average molecular weight is 835 g/mol. The summed E-state index contributed by atoms with van der Waals surface area (Å²) in [5.74, 6) is 1.47. The minimum absolute atomic E-state index is 0.0964. The number of ether oxygens (including phenoxy) is 5. The molecule has 7 aliphatic rings. The van der Waals surface area contributed by atoms with Crippen LogP contribution < -0.4 is 4.74 Å². The fourth-order valence-corrected chi connectivity index (χ4v) is 8.04. The molecule has 3 atom stereocenters. The van der Waals surface area contributed by atoms with Crippen LogP contribution in [-0.4, -0.2) is 76.8 Å². The van der Waals surface area contributed by atoms with E-state index in [9.17, 15) is 15.3 Å². The lowest BCUT2D eigenvalue weighted by Gasteiger charge is -2.16. The van der Waals surface area contributed by atoms with Crippen molar-refractivity contribution in [3.05, 3.63) is 196 Å². The molecule has 0 radical (unpaired) electrons. The van der Waals surface area contributed by atoms with E-state index in [1.165, 1.54) is 0 Å². The van der Waals surface area contributed by atoms with Crippen LogP contribution in [0.1, 0.15) is 28.5 Å². The lowest BCUT2D eigenvalue weighted by Crippen LogP contribution is -2.20. The van der Waals surface area contributed by atoms with Gasteiger partial charge in [0.2, 0.25) is 0 Å². The number of aliphatic imine (C=N–C) groups is 4. The minimum atomic E-state index is -0.582. The molecular weight excluding hydrogens is 797 g/mol. The molecule has 12 nitrogen and oxygen atoms in total. The number of phenols is 3. The van der Waals surface area contributed by atoms with Gasteiger partial charge in [-0.15, -0.1) is 0 Å². The summed E-state index contributed by atoms with van der Waals surface area (Å²) in [7, 11) is 0. The molecule has 2 saturated heterocycles. The Hall–Kier alpha value is -7.64. The van der Waals surface area contributed by atoms with E-state index in [4.69, 9.17) is 43.7 Å². The summed E-state index contributed by atoms with van der Waals surface area (Å²) >= 11 is 0. The number of benzene rings is 4. The lowest BCUT2D eigenvalue weighted by molar-refractivity contribution is -0.0690. The number of aromatic hydroxyl groups is 3. The molecule has 7 aliphatic heterocycles. The lowest BCUT2D eigenvalue weighted by atomic mass is 9.98. The summed E-state index contributed by atoms with van der Waals surface area (Å²) in [5, 5.41) is 32.0. The normalized spacial score (nSPS) is 22.0. The number of rotatable bonds is 10. The highest BCUT2D eigenvalue weighted by Crippen LogP contribution is 2.39. The summed E-state index contributed by atoms with van der Waals surface area (Å²) in [6.07, 6.45) is 14.4. The van der Waals surface area contributed by atoms with Crippen molar-refractivity contribution in [3.8, 4) is 23.0 Å². The van der Waals surface area contributed by atoms with Crippen LogP contribution in [-0.2, 0) is 18.9 Å². The highest BCUT2D eigenvalue weighted by atomic mass is 16.7. The van der Waals surface area contributed by atoms with E-state index in [-0.39, 0.29) is 30.0 Å². The summed E-state index contributed by atoms with van der Waals surface area (Å²) in [6.45, 7) is 1.70. The van der Waals surface area contributed by atoms with Crippen LogP contribution in [0.4, 0.5) is 0 Å². The first-order valence-electron chi connectivity index (χ1n) is 20.6. The molecule has 4 aromatic rings. The summed E-state index contributed by atoms with van der Waals surface area (Å²) in [5.41, 5.74) is 9.74. The average Bonchev–Trinajstić information content (AvgIpc) is 3.91. The third-order valence-corrected chi connectivity index (χ3v) is 11.1. The van der Waals surface area contributed by atoms with Crippen molar-refractivity contribution < 1.29 is 39.0 Å². The quantitative estimate of drug-likeness (QED) is 0.134. The first kappa shape index (κ1) is 38.3. The van der Waals surface area contributed by atoms with Crippen LogP contribution in [0.25, 0.3) is 16.7 Å².